The number of hydrogen-bond donors (Lipinski definition) is 1. The van der Waals surface area contributed by atoms with Crippen LogP contribution in [0.4, 0.5) is 0 Å². The summed E-state index contributed by atoms with van der Waals surface area (Å²) < 4.78 is 0. The minimum absolute atomic E-state index is 0.757. The number of hydrogen-bond acceptors (Lipinski definition) is 2. The molecule has 0 atom stereocenters. The van der Waals surface area contributed by atoms with E-state index in [1.165, 1.54) is 43.9 Å². The highest BCUT2D eigenvalue weighted by Gasteiger charge is 2.33. The molecule has 20 heavy (non-hydrogen) atoms. The van der Waals surface area contributed by atoms with Gasteiger partial charge in [-0.25, -0.2) is 4.79 Å². The lowest BCUT2D eigenvalue weighted by molar-refractivity contribution is -0.131. The Labute approximate surface area is 119 Å². The van der Waals surface area contributed by atoms with Crippen molar-refractivity contribution in [2.45, 2.75) is 38.3 Å². The number of carboxylic acids is 1. The van der Waals surface area contributed by atoms with Gasteiger partial charge in [0.2, 0.25) is 0 Å². The van der Waals surface area contributed by atoms with Crippen LogP contribution in [-0.2, 0) is 11.3 Å². The number of aliphatic carboxylic acids is 1. The van der Waals surface area contributed by atoms with Crippen LogP contribution in [-0.4, -0.2) is 28.6 Å². The van der Waals surface area contributed by atoms with Crippen LogP contribution >= 0.6 is 0 Å². The van der Waals surface area contributed by atoms with E-state index < -0.39 is 5.97 Å². The largest absolute Gasteiger partial charge is 0.478 e. The van der Waals surface area contributed by atoms with Crippen molar-refractivity contribution in [3.05, 3.63) is 41.5 Å². The van der Waals surface area contributed by atoms with Crippen LogP contribution in [0.1, 0.15) is 36.8 Å². The third-order valence-electron chi connectivity index (χ3n) is 4.09. The van der Waals surface area contributed by atoms with Crippen LogP contribution in [0.15, 0.2) is 30.3 Å². The summed E-state index contributed by atoms with van der Waals surface area (Å²) >= 11 is 0. The molecule has 0 spiro atoms. The van der Waals surface area contributed by atoms with Crippen molar-refractivity contribution in [3.63, 3.8) is 0 Å². The molecule has 0 heterocycles. The van der Waals surface area contributed by atoms with Crippen molar-refractivity contribution in [1.29, 1.82) is 0 Å². The maximum absolute atomic E-state index is 10.7. The van der Waals surface area contributed by atoms with Crippen LogP contribution in [0.2, 0.25) is 0 Å². The fourth-order valence-corrected chi connectivity index (χ4v) is 2.64. The molecule has 0 radical (unpaired) electrons. The number of nitrogens with zero attached hydrogens (tertiary/aromatic N) is 1. The molecule has 0 amide bonds. The van der Waals surface area contributed by atoms with E-state index in [0.717, 1.165) is 24.1 Å². The first-order valence-corrected chi connectivity index (χ1v) is 7.45. The Morgan fingerprint density at radius 1 is 1.25 bits per heavy atom. The van der Waals surface area contributed by atoms with Gasteiger partial charge in [0.15, 0.2) is 0 Å². The molecule has 3 rings (SSSR count). The van der Waals surface area contributed by atoms with Gasteiger partial charge in [-0.2, -0.15) is 0 Å². The molecule has 0 unspecified atom stereocenters. The Morgan fingerprint density at radius 2 is 2.00 bits per heavy atom. The molecule has 2 aliphatic carbocycles. The average Bonchev–Trinajstić information content (AvgIpc) is 3.28. The monoisotopic (exact) mass is 271 g/mol. The van der Waals surface area contributed by atoms with Crippen molar-refractivity contribution >= 4 is 12.0 Å². The third-order valence-corrected chi connectivity index (χ3v) is 4.09. The minimum Gasteiger partial charge on any atom is -0.478 e. The lowest BCUT2D eigenvalue weighted by Gasteiger charge is -2.22. The molecule has 2 aliphatic rings. The quantitative estimate of drug-likeness (QED) is 0.774. The molecular weight excluding hydrogens is 250 g/mol. The van der Waals surface area contributed by atoms with Gasteiger partial charge in [0, 0.05) is 25.2 Å². The van der Waals surface area contributed by atoms with Crippen molar-refractivity contribution < 1.29 is 9.90 Å². The Balaban J connectivity index is 1.72. The smallest absolute Gasteiger partial charge is 0.328 e. The molecule has 1 aromatic rings. The van der Waals surface area contributed by atoms with E-state index in [1.807, 2.05) is 18.2 Å². The Bertz CT molecular complexity index is 515. The molecule has 106 valence electrons. The fourth-order valence-electron chi connectivity index (χ4n) is 2.64. The molecule has 1 N–H and O–H groups in total. The second-order valence-corrected chi connectivity index (χ2v) is 5.97. The fraction of sp³-hybridized carbons (Fsp3) is 0.471. The molecule has 1 aromatic carbocycles. The van der Waals surface area contributed by atoms with Crippen LogP contribution < -0.4 is 0 Å². The second kappa shape index (κ2) is 5.80. The van der Waals surface area contributed by atoms with Crippen LogP contribution in [0.5, 0.6) is 0 Å². The van der Waals surface area contributed by atoms with Gasteiger partial charge in [-0.05, 0) is 48.8 Å². The average molecular weight is 271 g/mol. The van der Waals surface area contributed by atoms with E-state index in [0.29, 0.717) is 0 Å². The third kappa shape index (κ3) is 3.70. The molecule has 2 saturated carbocycles. The molecule has 0 aliphatic heterocycles. The number of carbonyl (C=O) groups is 1. The first-order chi connectivity index (χ1) is 9.72. The van der Waals surface area contributed by atoms with Crippen molar-refractivity contribution in [3.8, 4) is 0 Å². The first kappa shape index (κ1) is 13.4. The molecule has 3 nitrogen and oxygen atoms in total. The molecule has 3 heteroatoms. The highest BCUT2D eigenvalue weighted by molar-refractivity contribution is 5.85. The van der Waals surface area contributed by atoms with E-state index in [-0.39, 0.29) is 0 Å². The Morgan fingerprint density at radius 3 is 2.65 bits per heavy atom. The van der Waals surface area contributed by atoms with E-state index in [1.54, 1.807) is 6.08 Å². The van der Waals surface area contributed by atoms with Crippen LogP contribution in [0.25, 0.3) is 6.08 Å². The van der Waals surface area contributed by atoms with E-state index in [9.17, 15) is 4.79 Å². The predicted octanol–water partition coefficient (Wildman–Crippen LogP) is 3.16. The summed E-state index contributed by atoms with van der Waals surface area (Å²) in [6.07, 6.45) is 8.33. The molecule has 0 aromatic heterocycles. The maximum atomic E-state index is 10.7. The summed E-state index contributed by atoms with van der Waals surface area (Å²) in [5, 5.41) is 8.78. The summed E-state index contributed by atoms with van der Waals surface area (Å²) in [6, 6.07) is 8.87. The zero-order chi connectivity index (χ0) is 13.9. The van der Waals surface area contributed by atoms with Gasteiger partial charge in [-0.1, -0.05) is 24.3 Å². The minimum atomic E-state index is -0.892. The highest BCUT2D eigenvalue weighted by Crippen LogP contribution is 2.35. The lowest BCUT2D eigenvalue weighted by atomic mass is 10.1. The van der Waals surface area contributed by atoms with E-state index in [4.69, 9.17) is 5.11 Å². The lowest BCUT2D eigenvalue weighted by Crippen LogP contribution is -2.28. The summed E-state index contributed by atoms with van der Waals surface area (Å²) in [5.74, 6) is 0.00848. The van der Waals surface area contributed by atoms with Gasteiger partial charge < -0.3 is 5.11 Å². The van der Waals surface area contributed by atoms with E-state index >= 15 is 0 Å². The van der Waals surface area contributed by atoms with Gasteiger partial charge in [0.1, 0.15) is 0 Å². The number of carboxylic acid groups (broad SMARTS) is 1. The van der Waals surface area contributed by atoms with Crippen LogP contribution in [0, 0.1) is 5.92 Å². The van der Waals surface area contributed by atoms with Gasteiger partial charge in [-0.15, -0.1) is 0 Å². The van der Waals surface area contributed by atoms with Gasteiger partial charge in [0.05, 0.1) is 0 Å². The highest BCUT2D eigenvalue weighted by atomic mass is 16.4. The normalized spacial score (nSPS) is 18.9. The summed E-state index contributed by atoms with van der Waals surface area (Å²) in [5.41, 5.74) is 2.26. The SMILES string of the molecule is O=C(O)C=Cc1ccccc1CN(CC1CC1)C1CC1. The standard InChI is InChI=1S/C17H21NO2/c19-17(20)10-7-14-3-1-2-4-15(14)12-18(16-8-9-16)11-13-5-6-13/h1-4,7,10,13,16H,5-6,8-9,11-12H2,(H,19,20). The molecule has 0 bridgehead atoms. The topological polar surface area (TPSA) is 40.5 Å². The Kier molecular flexibility index (Phi) is 3.88. The predicted molar refractivity (Wildman–Crippen MR) is 79.3 cm³/mol. The van der Waals surface area contributed by atoms with Gasteiger partial charge in [0.25, 0.3) is 0 Å². The van der Waals surface area contributed by atoms with Crippen LogP contribution in [0.3, 0.4) is 0 Å². The second-order valence-electron chi connectivity index (χ2n) is 5.97. The zero-order valence-electron chi connectivity index (χ0n) is 11.7. The number of rotatable bonds is 7. The maximum Gasteiger partial charge on any atom is 0.328 e. The summed E-state index contributed by atoms with van der Waals surface area (Å²) in [7, 11) is 0. The summed E-state index contributed by atoms with van der Waals surface area (Å²) in [6.45, 7) is 2.16. The van der Waals surface area contributed by atoms with Crippen molar-refractivity contribution in [1.82, 2.24) is 4.90 Å². The van der Waals surface area contributed by atoms with Gasteiger partial charge in [-0.3, -0.25) is 4.90 Å². The zero-order valence-corrected chi connectivity index (χ0v) is 11.7. The molecule has 0 saturated heterocycles. The molecular formula is C17H21NO2. The van der Waals surface area contributed by atoms with E-state index in [2.05, 4.69) is 11.0 Å². The first-order valence-electron chi connectivity index (χ1n) is 7.45. The van der Waals surface area contributed by atoms with Crippen molar-refractivity contribution in [2.75, 3.05) is 6.54 Å². The summed E-state index contributed by atoms with van der Waals surface area (Å²) in [4.78, 5) is 13.3. The molecule has 2 fully saturated rings. The van der Waals surface area contributed by atoms with Crippen molar-refractivity contribution in [2.24, 2.45) is 5.92 Å². The Hall–Kier alpha value is -1.61. The van der Waals surface area contributed by atoms with Gasteiger partial charge >= 0.3 is 5.97 Å². The number of benzene rings is 1.